The van der Waals surface area contributed by atoms with Gasteiger partial charge in [-0.15, -0.1) is 0 Å². The molecule has 110 valence electrons. The van der Waals surface area contributed by atoms with Gasteiger partial charge in [0.25, 0.3) is 0 Å². The van der Waals surface area contributed by atoms with Gasteiger partial charge in [0.05, 0.1) is 16.4 Å². The molecule has 1 unspecified atom stereocenters. The first-order valence-electron chi connectivity index (χ1n) is 7.37. The van der Waals surface area contributed by atoms with E-state index in [-0.39, 0.29) is 5.41 Å². The Balaban J connectivity index is 2.83. The molecule has 0 spiro atoms. The molecule has 1 atom stereocenters. The van der Waals surface area contributed by atoms with Crippen LogP contribution in [0.1, 0.15) is 59.6 Å². The summed E-state index contributed by atoms with van der Waals surface area (Å²) in [5, 5.41) is 8.07. The van der Waals surface area contributed by atoms with Gasteiger partial charge in [-0.1, -0.05) is 27.7 Å². The Kier molecular flexibility index (Phi) is 6.54. The molecule has 0 saturated heterocycles. The third-order valence-electron chi connectivity index (χ3n) is 3.43. The quantitative estimate of drug-likeness (QED) is 0.777. The number of nitrogens with one attached hydrogen (secondary N) is 1. The Morgan fingerprint density at radius 2 is 2.05 bits per heavy atom. The SMILES string of the molecule is CCCNC(C)CC(C)(C)c1c(Br)cnn1CCC. The molecule has 4 heteroatoms. The molecule has 3 nitrogen and oxygen atoms in total. The molecule has 0 aliphatic heterocycles. The summed E-state index contributed by atoms with van der Waals surface area (Å²) in [4.78, 5) is 0. The van der Waals surface area contributed by atoms with Gasteiger partial charge in [-0.25, -0.2) is 0 Å². The van der Waals surface area contributed by atoms with Crippen LogP contribution in [0.3, 0.4) is 0 Å². The molecule has 0 aliphatic rings. The zero-order valence-corrected chi connectivity index (χ0v) is 14.5. The molecule has 1 rings (SSSR count). The van der Waals surface area contributed by atoms with Crippen LogP contribution in [0.4, 0.5) is 0 Å². The summed E-state index contributed by atoms with van der Waals surface area (Å²) in [7, 11) is 0. The third-order valence-corrected chi connectivity index (χ3v) is 4.01. The Hall–Kier alpha value is -0.350. The molecule has 1 heterocycles. The van der Waals surface area contributed by atoms with E-state index in [1.54, 1.807) is 0 Å². The van der Waals surface area contributed by atoms with E-state index in [4.69, 9.17) is 0 Å². The van der Waals surface area contributed by atoms with E-state index < -0.39 is 0 Å². The van der Waals surface area contributed by atoms with Gasteiger partial charge in [-0.2, -0.15) is 5.10 Å². The molecule has 0 amide bonds. The lowest BCUT2D eigenvalue weighted by molar-refractivity contribution is 0.361. The van der Waals surface area contributed by atoms with Gasteiger partial charge in [0.1, 0.15) is 0 Å². The maximum absolute atomic E-state index is 4.49. The van der Waals surface area contributed by atoms with Crippen LogP contribution in [0.15, 0.2) is 10.7 Å². The third kappa shape index (κ3) is 4.60. The van der Waals surface area contributed by atoms with E-state index in [0.717, 1.165) is 30.4 Å². The normalized spacial score (nSPS) is 13.8. The van der Waals surface area contributed by atoms with Crippen molar-refractivity contribution in [2.45, 2.75) is 71.9 Å². The lowest BCUT2D eigenvalue weighted by Gasteiger charge is -2.30. The number of hydrogen-bond acceptors (Lipinski definition) is 2. The fourth-order valence-electron chi connectivity index (χ4n) is 2.74. The van der Waals surface area contributed by atoms with E-state index in [1.807, 2.05) is 6.20 Å². The van der Waals surface area contributed by atoms with Crippen LogP contribution in [-0.4, -0.2) is 22.4 Å². The van der Waals surface area contributed by atoms with Crippen molar-refractivity contribution in [1.82, 2.24) is 15.1 Å². The standard InChI is InChI=1S/C15H28BrN3/c1-6-8-17-12(3)10-15(4,5)14-13(16)11-18-19(14)9-7-2/h11-12,17H,6-10H2,1-5H3. The molecule has 0 radical (unpaired) electrons. The number of aromatic nitrogens is 2. The number of rotatable bonds is 8. The second-order valence-corrected chi connectivity index (χ2v) is 6.86. The van der Waals surface area contributed by atoms with E-state index in [9.17, 15) is 0 Å². The zero-order valence-electron chi connectivity index (χ0n) is 13.0. The summed E-state index contributed by atoms with van der Waals surface area (Å²) in [5.41, 5.74) is 1.43. The smallest absolute Gasteiger partial charge is 0.0635 e. The van der Waals surface area contributed by atoms with Crippen LogP contribution in [0.5, 0.6) is 0 Å². The minimum absolute atomic E-state index is 0.116. The minimum atomic E-state index is 0.116. The topological polar surface area (TPSA) is 29.9 Å². The van der Waals surface area contributed by atoms with E-state index in [1.165, 1.54) is 12.1 Å². The summed E-state index contributed by atoms with van der Waals surface area (Å²) in [5.74, 6) is 0. The van der Waals surface area contributed by atoms with Crippen LogP contribution < -0.4 is 5.32 Å². The Morgan fingerprint density at radius 3 is 2.63 bits per heavy atom. The minimum Gasteiger partial charge on any atom is -0.314 e. The van der Waals surface area contributed by atoms with Gasteiger partial charge in [0.2, 0.25) is 0 Å². The predicted molar refractivity (Wildman–Crippen MR) is 85.6 cm³/mol. The van der Waals surface area contributed by atoms with Gasteiger partial charge in [-0.3, -0.25) is 4.68 Å². The van der Waals surface area contributed by atoms with E-state index in [0.29, 0.717) is 6.04 Å². The Labute approximate surface area is 126 Å². The summed E-state index contributed by atoms with van der Waals surface area (Å²) in [6.45, 7) is 13.4. The molecule has 1 N–H and O–H groups in total. The fraction of sp³-hybridized carbons (Fsp3) is 0.800. The van der Waals surface area contributed by atoms with E-state index in [2.05, 4.69) is 65.6 Å². The van der Waals surface area contributed by atoms with Crippen molar-refractivity contribution in [3.8, 4) is 0 Å². The molecule has 1 aromatic rings. The summed E-state index contributed by atoms with van der Waals surface area (Å²) < 4.78 is 3.28. The zero-order chi connectivity index (χ0) is 14.5. The molecule has 19 heavy (non-hydrogen) atoms. The highest BCUT2D eigenvalue weighted by molar-refractivity contribution is 9.10. The highest BCUT2D eigenvalue weighted by atomic mass is 79.9. The van der Waals surface area contributed by atoms with Gasteiger partial charge in [0.15, 0.2) is 0 Å². The number of hydrogen-bond donors (Lipinski definition) is 1. The number of aryl methyl sites for hydroxylation is 1. The van der Waals surface area contributed by atoms with Gasteiger partial charge in [0, 0.05) is 18.0 Å². The van der Waals surface area contributed by atoms with Crippen molar-refractivity contribution < 1.29 is 0 Å². The maximum Gasteiger partial charge on any atom is 0.0635 e. The van der Waals surface area contributed by atoms with Crippen molar-refractivity contribution >= 4 is 15.9 Å². The largest absolute Gasteiger partial charge is 0.314 e. The first kappa shape index (κ1) is 16.7. The molecule has 0 bridgehead atoms. The second kappa shape index (κ2) is 7.44. The summed E-state index contributed by atoms with van der Waals surface area (Å²) >= 11 is 3.66. The molecule has 0 aromatic carbocycles. The van der Waals surface area contributed by atoms with Crippen molar-refractivity contribution in [3.63, 3.8) is 0 Å². The van der Waals surface area contributed by atoms with Gasteiger partial charge >= 0.3 is 0 Å². The average Bonchev–Trinajstić information content (AvgIpc) is 2.68. The maximum atomic E-state index is 4.49. The predicted octanol–water partition coefficient (Wildman–Crippen LogP) is 4.11. The summed E-state index contributed by atoms with van der Waals surface area (Å²) in [6, 6.07) is 0.520. The van der Waals surface area contributed by atoms with Crippen molar-refractivity contribution in [2.75, 3.05) is 6.54 Å². The summed E-state index contributed by atoms with van der Waals surface area (Å²) in [6.07, 6.45) is 5.33. The molecule has 1 aromatic heterocycles. The van der Waals surface area contributed by atoms with Crippen LogP contribution in [0.25, 0.3) is 0 Å². The highest BCUT2D eigenvalue weighted by Gasteiger charge is 2.29. The second-order valence-electron chi connectivity index (χ2n) is 6.01. The average molecular weight is 330 g/mol. The first-order valence-corrected chi connectivity index (χ1v) is 8.16. The molecular formula is C15H28BrN3. The van der Waals surface area contributed by atoms with Gasteiger partial charge in [-0.05, 0) is 48.7 Å². The first-order chi connectivity index (χ1) is 8.92. The number of nitrogens with zero attached hydrogens (tertiary/aromatic N) is 2. The molecule has 0 saturated carbocycles. The van der Waals surface area contributed by atoms with Crippen LogP contribution in [0.2, 0.25) is 0 Å². The van der Waals surface area contributed by atoms with Crippen molar-refractivity contribution in [3.05, 3.63) is 16.4 Å². The molecule has 0 aliphatic carbocycles. The number of halogens is 1. The van der Waals surface area contributed by atoms with Crippen molar-refractivity contribution in [2.24, 2.45) is 0 Å². The molecular weight excluding hydrogens is 302 g/mol. The Morgan fingerprint density at radius 1 is 1.37 bits per heavy atom. The molecule has 0 fully saturated rings. The van der Waals surface area contributed by atoms with Gasteiger partial charge < -0.3 is 5.32 Å². The van der Waals surface area contributed by atoms with Crippen molar-refractivity contribution in [1.29, 1.82) is 0 Å². The highest BCUT2D eigenvalue weighted by Crippen LogP contribution is 2.34. The monoisotopic (exact) mass is 329 g/mol. The fourth-order valence-corrected chi connectivity index (χ4v) is 3.57. The van der Waals surface area contributed by atoms with E-state index >= 15 is 0 Å². The van der Waals surface area contributed by atoms with Crippen LogP contribution >= 0.6 is 15.9 Å². The Bertz CT molecular complexity index is 385. The lowest BCUT2D eigenvalue weighted by Crippen LogP contribution is -2.35. The van der Waals surface area contributed by atoms with Crippen LogP contribution in [-0.2, 0) is 12.0 Å². The van der Waals surface area contributed by atoms with Crippen LogP contribution in [0, 0.1) is 0 Å². The lowest BCUT2D eigenvalue weighted by atomic mass is 9.82.